The van der Waals surface area contributed by atoms with Gasteiger partial charge < -0.3 is 29.6 Å². The predicted octanol–water partition coefficient (Wildman–Crippen LogP) is 2.65. The van der Waals surface area contributed by atoms with Gasteiger partial charge in [-0.2, -0.15) is 0 Å². The number of hydrogen-bond donors (Lipinski definition) is 2. The minimum Gasteiger partial charge on any atom is -0.493 e. The average molecular weight is 368 g/mol. The van der Waals surface area contributed by atoms with Gasteiger partial charge in [0.25, 0.3) is 0 Å². The summed E-state index contributed by atoms with van der Waals surface area (Å²) in [4.78, 5) is 12.4. The summed E-state index contributed by atoms with van der Waals surface area (Å²) in [5.74, 6) is 3.16. The Morgan fingerprint density at radius 2 is 1.70 bits per heavy atom. The Morgan fingerprint density at radius 1 is 0.889 bits per heavy atom. The summed E-state index contributed by atoms with van der Waals surface area (Å²) in [5.41, 5.74) is 3.96. The highest BCUT2D eigenvalue weighted by molar-refractivity contribution is 5.89. The van der Waals surface area contributed by atoms with Gasteiger partial charge in [-0.3, -0.25) is 0 Å². The maximum absolute atomic E-state index is 12.4. The number of fused-ring (bicyclic) bond motifs is 3. The number of benzene rings is 2. The Hall–Kier alpha value is -3.09. The van der Waals surface area contributed by atoms with Gasteiger partial charge in [0.2, 0.25) is 0 Å². The number of urea groups is 1. The summed E-state index contributed by atoms with van der Waals surface area (Å²) in [6, 6.07) is 7.15. The monoisotopic (exact) mass is 368 g/mol. The third-order valence-electron chi connectivity index (χ3n) is 4.99. The summed E-state index contributed by atoms with van der Waals surface area (Å²) >= 11 is 0. The molecule has 0 bridgehead atoms. The lowest BCUT2D eigenvalue weighted by atomic mass is 9.99. The SMILES string of the molecule is O=C(NCc1c2c(cc3c1OCC3)OCC2)Nc1ccc2c(c1)OCCO2. The highest BCUT2D eigenvalue weighted by Crippen LogP contribution is 2.40. The Morgan fingerprint density at radius 3 is 2.63 bits per heavy atom. The largest absolute Gasteiger partial charge is 0.493 e. The minimum absolute atomic E-state index is 0.282. The van der Waals surface area contributed by atoms with Crippen molar-refractivity contribution >= 4 is 11.7 Å². The molecule has 7 nitrogen and oxygen atoms in total. The number of carbonyl (C=O) groups excluding carboxylic acids is 1. The van der Waals surface area contributed by atoms with Crippen molar-refractivity contribution in [1.29, 1.82) is 0 Å². The lowest BCUT2D eigenvalue weighted by Crippen LogP contribution is -2.28. The van der Waals surface area contributed by atoms with Gasteiger partial charge in [-0.25, -0.2) is 4.79 Å². The number of amides is 2. The first-order valence-electron chi connectivity index (χ1n) is 9.15. The molecule has 3 heterocycles. The van der Waals surface area contributed by atoms with Crippen molar-refractivity contribution in [3.63, 3.8) is 0 Å². The van der Waals surface area contributed by atoms with Crippen LogP contribution in [0.15, 0.2) is 24.3 Å². The molecule has 0 spiro atoms. The number of ether oxygens (including phenoxy) is 4. The number of carbonyl (C=O) groups is 1. The van der Waals surface area contributed by atoms with Crippen LogP contribution in [0.4, 0.5) is 10.5 Å². The summed E-state index contributed by atoms with van der Waals surface area (Å²) in [7, 11) is 0. The van der Waals surface area contributed by atoms with Crippen molar-refractivity contribution < 1.29 is 23.7 Å². The van der Waals surface area contributed by atoms with Crippen LogP contribution in [0.2, 0.25) is 0 Å². The fourth-order valence-corrected chi connectivity index (χ4v) is 3.74. The van der Waals surface area contributed by atoms with E-state index in [9.17, 15) is 4.79 Å². The maximum Gasteiger partial charge on any atom is 0.319 e. The molecule has 2 aromatic carbocycles. The van der Waals surface area contributed by atoms with Crippen LogP contribution in [0, 0.1) is 0 Å². The van der Waals surface area contributed by atoms with Crippen molar-refractivity contribution in [2.45, 2.75) is 19.4 Å². The zero-order valence-corrected chi connectivity index (χ0v) is 14.8. The summed E-state index contributed by atoms with van der Waals surface area (Å²) in [6.45, 7) is 2.79. The number of hydrogen-bond acceptors (Lipinski definition) is 5. The van der Waals surface area contributed by atoms with Crippen LogP contribution < -0.4 is 29.6 Å². The molecule has 3 aliphatic rings. The fourth-order valence-electron chi connectivity index (χ4n) is 3.74. The zero-order valence-electron chi connectivity index (χ0n) is 14.8. The van der Waals surface area contributed by atoms with Gasteiger partial charge in [0.1, 0.15) is 24.7 Å². The Labute approximate surface area is 156 Å². The second-order valence-electron chi connectivity index (χ2n) is 6.68. The number of rotatable bonds is 3. The molecule has 27 heavy (non-hydrogen) atoms. The van der Waals surface area contributed by atoms with Crippen LogP contribution in [-0.2, 0) is 19.4 Å². The third-order valence-corrected chi connectivity index (χ3v) is 4.99. The molecule has 3 aliphatic heterocycles. The van der Waals surface area contributed by atoms with Crippen LogP contribution in [0.1, 0.15) is 16.7 Å². The van der Waals surface area contributed by atoms with E-state index in [4.69, 9.17) is 18.9 Å². The fraction of sp³-hybridized carbons (Fsp3) is 0.350. The highest BCUT2D eigenvalue weighted by Gasteiger charge is 2.26. The molecule has 2 N–H and O–H groups in total. The maximum atomic E-state index is 12.4. The van der Waals surface area contributed by atoms with Crippen molar-refractivity contribution in [2.75, 3.05) is 31.7 Å². The van der Waals surface area contributed by atoms with Gasteiger partial charge >= 0.3 is 6.03 Å². The van der Waals surface area contributed by atoms with Crippen molar-refractivity contribution in [3.8, 4) is 23.0 Å². The van der Waals surface area contributed by atoms with E-state index in [0.717, 1.165) is 41.0 Å². The van der Waals surface area contributed by atoms with Gasteiger partial charge in [-0.05, 0) is 18.2 Å². The summed E-state index contributed by atoms with van der Waals surface area (Å²) in [5, 5.41) is 5.77. The van der Waals surface area contributed by atoms with Crippen LogP contribution >= 0.6 is 0 Å². The molecule has 5 rings (SSSR count). The van der Waals surface area contributed by atoms with Gasteiger partial charge in [0.15, 0.2) is 11.5 Å². The lowest BCUT2D eigenvalue weighted by molar-refractivity contribution is 0.171. The lowest BCUT2D eigenvalue weighted by Gasteiger charge is -2.19. The molecular weight excluding hydrogens is 348 g/mol. The van der Waals surface area contributed by atoms with Gasteiger partial charge in [0.05, 0.1) is 13.2 Å². The highest BCUT2D eigenvalue weighted by atomic mass is 16.6. The molecule has 0 aliphatic carbocycles. The molecule has 0 aromatic heterocycles. The molecule has 0 atom stereocenters. The molecule has 0 unspecified atom stereocenters. The number of nitrogens with one attached hydrogen (secondary N) is 2. The van der Waals surface area contributed by atoms with E-state index in [0.29, 0.717) is 50.2 Å². The van der Waals surface area contributed by atoms with E-state index < -0.39 is 0 Å². The van der Waals surface area contributed by atoms with E-state index in [1.54, 1.807) is 18.2 Å². The summed E-state index contributed by atoms with van der Waals surface area (Å²) < 4.78 is 22.6. The van der Waals surface area contributed by atoms with Crippen LogP contribution in [0.5, 0.6) is 23.0 Å². The Balaban J connectivity index is 1.29. The topological polar surface area (TPSA) is 78.1 Å². The molecule has 0 fully saturated rings. The molecule has 0 saturated carbocycles. The van der Waals surface area contributed by atoms with Crippen LogP contribution in [-0.4, -0.2) is 32.5 Å². The molecule has 140 valence electrons. The molecular formula is C20H20N2O5. The van der Waals surface area contributed by atoms with Crippen molar-refractivity contribution in [1.82, 2.24) is 5.32 Å². The van der Waals surface area contributed by atoms with Crippen LogP contribution in [0.25, 0.3) is 0 Å². The molecule has 7 heteroatoms. The van der Waals surface area contributed by atoms with E-state index in [1.165, 1.54) is 0 Å². The van der Waals surface area contributed by atoms with E-state index in [-0.39, 0.29) is 6.03 Å². The van der Waals surface area contributed by atoms with Gasteiger partial charge in [0, 0.05) is 47.8 Å². The van der Waals surface area contributed by atoms with E-state index in [2.05, 4.69) is 16.7 Å². The second kappa shape index (κ2) is 6.57. The van der Waals surface area contributed by atoms with Gasteiger partial charge in [-0.15, -0.1) is 0 Å². The standard InChI is InChI=1S/C20H20N2O5/c23-20(22-13-1-2-16-18(10-13)26-8-7-25-16)21-11-15-14-4-6-24-17(14)9-12-3-5-27-19(12)15/h1-2,9-10H,3-8,11H2,(H2,21,22,23). The average Bonchev–Trinajstić information content (AvgIpc) is 3.34. The number of anilines is 1. The summed E-state index contributed by atoms with van der Waals surface area (Å²) in [6.07, 6.45) is 1.72. The first-order chi connectivity index (χ1) is 13.3. The van der Waals surface area contributed by atoms with Gasteiger partial charge in [-0.1, -0.05) is 0 Å². The first kappa shape index (κ1) is 16.1. The predicted molar refractivity (Wildman–Crippen MR) is 98.1 cm³/mol. The van der Waals surface area contributed by atoms with Crippen LogP contribution in [0.3, 0.4) is 0 Å². The Bertz CT molecular complexity index is 879. The van der Waals surface area contributed by atoms with E-state index >= 15 is 0 Å². The van der Waals surface area contributed by atoms with E-state index in [1.807, 2.05) is 0 Å². The first-order valence-corrected chi connectivity index (χ1v) is 9.15. The smallest absolute Gasteiger partial charge is 0.319 e. The molecule has 2 aromatic rings. The third kappa shape index (κ3) is 2.99. The van der Waals surface area contributed by atoms with Crippen molar-refractivity contribution in [3.05, 3.63) is 41.0 Å². The molecule has 0 saturated heterocycles. The normalized spacial score (nSPS) is 16.0. The molecule has 0 radical (unpaired) electrons. The quantitative estimate of drug-likeness (QED) is 0.871. The Kier molecular flexibility index (Phi) is 3.92. The zero-order chi connectivity index (χ0) is 18.2. The van der Waals surface area contributed by atoms with Crippen molar-refractivity contribution in [2.24, 2.45) is 0 Å². The second-order valence-corrected chi connectivity index (χ2v) is 6.68. The molecule has 2 amide bonds. The minimum atomic E-state index is -0.282.